The van der Waals surface area contributed by atoms with E-state index >= 15 is 0 Å². The smallest absolute Gasteiger partial charge is 0.0165 e. The van der Waals surface area contributed by atoms with Gasteiger partial charge >= 0.3 is 0 Å². The first-order valence-electron chi connectivity index (χ1n) is 4.47. The summed E-state index contributed by atoms with van der Waals surface area (Å²) >= 11 is 0. The Labute approximate surface area is 69.5 Å². The molecular weight excluding hydrogens is 138 g/mol. The van der Waals surface area contributed by atoms with Crippen molar-refractivity contribution in [1.82, 2.24) is 5.32 Å². The summed E-state index contributed by atoms with van der Waals surface area (Å²) < 4.78 is 0. The molecule has 0 amide bonds. The third kappa shape index (κ3) is 7.78. The minimum absolute atomic E-state index is 0.282. The van der Waals surface area contributed by atoms with E-state index < -0.39 is 0 Å². The van der Waals surface area contributed by atoms with Gasteiger partial charge in [-0.3, -0.25) is 0 Å². The molecule has 68 valence electrons. The van der Waals surface area contributed by atoms with Gasteiger partial charge in [0.15, 0.2) is 0 Å². The topological polar surface area (TPSA) is 64.1 Å². The van der Waals surface area contributed by atoms with Gasteiger partial charge in [-0.1, -0.05) is 6.92 Å². The first kappa shape index (κ1) is 10.9. The van der Waals surface area contributed by atoms with Crippen molar-refractivity contribution in [3.63, 3.8) is 0 Å². The fourth-order valence-corrected chi connectivity index (χ4v) is 0.946. The molecule has 3 heteroatoms. The Balaban J connectivity index is 3.02. The SMILES string of the molecule is CCCNC[C@@H](N)CCCN. The van der Waals surface area contributed by atoms with Crippen LogP contribution in [-0.2, 0) is 0 Å². The lowest BCUT2D eigenvalue weighted by atomic mass is 10.1. The molecule has 0 spiro atoms. The summed E-state index contributed by atoms with van der Waals surface area (Å²) in [5.74, 6) is 0. The second-order valence-electron chi connectivity index (χ2n) is 2.90. The summed E-state index contributed by atoms with van der Waals surface area (Å²) in [5.41, 5.74) is 11.1. The summed E-state index contributed by atoms with van der Waals surface area (Å²) in [4.78, 5) is 0. The van der Waals surface area contributed by atoms with Crippen LogP contribution in [0.25, 0.3) is 0 Å². The Bertz CT molecular complexity index is 75.7. The minimum Gasteiger partial charge on any atom is -0.330 e. The molecule has 0 aromatic heterocycles. The van der Waals surface area contributed by atoms with Gasteiger partial charge in [-0.2, -0.15) is 0 Å². The van der Waals surface area contributed by atoms with Gasteiger partial charge in [-0.15, -0.1) is 0 Å². The van der Waals surface area contributed by atoms with Crippen LogP contribution in [-0.4, -0.2) is 25.7 Å². The van der Waals surface area contributed by atoms with Gasteiger partial charge in [0.2, 0.25) is 0 Å². The molecule has 0 aliphatic rings. The summed E-state index contributed by atoms with van der Waals surface area (Å²) in [7, 11) is 0. The molecule has 0 aromatic rings. The van der Waals surface area contributed by atoms with Gasteiger partial charge in [0.05, 0.1) is 0 Å². The highest BCUT2D eigenvalue weighted by molar-refractivity contribution is 4.64. The highest BCUT2D eigenvalue weighted by atomic mass is 14.9. The predicted octanol–water partition coefficient (Wildman–Crippen LogP) is 0.0522. The molecule has 11 heavy (non-hydrogen) atoms. The molecule has 0 fully saturated rings. The van der Waals surface area contributed by atoms with E-state index in [4.69, 9.17) is 11.5 Å². The number of hydrogen-bond acceptors (Lipinski definition) is 3. The molecule has 0 heterocycles. The fourth-order valence-electron chi connectivity index (χ4n) is 0.946. The summed E-state index contributed by atoms with van der Waals surface area (Å²) in [6.07, 6.45) is 3.24. The van der Waals surface area contributed by atoms with E-state index in [2.05, 4.69) is 12.2 Å². The van der Waals surface area contributed by atoms with Gasteiger partial charge in [-0.05, 0) is 32.4 Å². The van der Waals surface area contributed by atoms with E-state index in [0.29, 0.717) is 0 Å². The van der Waals surface area contributed by atoms with Crippen molar-refractivity contribution in [2.45, 2.75) is 32.2 Å². The van der Waals surface area contributed by atoms with E-state index in [0.717, 1.165) is 32.5 Å². The molecule has 0 rings (SSSR count). The van der Waals surface area contributed by atoms with Crippen molar-refractivity contribution in [2.24, 2.45) is 11.5 Å². The van der Waals surface area contributed by atoms with Crippen LogP contribution in [0.4, 0.5) is 0 Å². The zero-order chi connectivity index (χ0) is 8.53. The maximum absolute atomic E-state index is 5.78. The Hall–Kier alpha value is -0.120. The lowest BCUT2D eigenvalue weighted by Gasteiger charge is -2.10. The van der Waals surface area contributed by atoms with Crippen molar-refractivity contribution in [3.8, 4) is 0 Å². The Morgan fingerprint density at radius 2 is 2.18 bits per heavy atom. The van der Waals surface area contributed by atoms with Crippen molar-refractivity contribution in [3.05, 3.63) is 0 Å². The molecule has 0 aliphatic carbocycles. The maximum atomic E-state index is 5.78. The molecule has 0 unspecified atom stereocenters. The molecule has 0 aliphatic heterocycles. The van der Waals surface area contributed by atoms with Gasteiger partial charge in [0.25, 0.3) is 0 Å². The normalized spacial score (nSPS) is 13.4. The van der Waals surface area contributed by atoms with Gasteiger partial charge < -0.3 is 16.8 Å². The van der Waals surface area contributed by atoms with Crippen LogP contribution in [0.3, 0.4) is 0 Å². The predicted molar refractivity (Wildman–Crippen MR) is 49.4 cm³/mol. The van der Waals surface area contributed by atoms with Crippen LogP contribution in [0.2, 0.25) is 0 Å². The molecule has 3 nitrogen and oxygen atoms in total. The number of nitrogens with two attached hydrogens (primary N) is 2. The van der Waals surface area contributed by atoms with Crippen LogP contribution >= 0.6 is 0 Å². The molecule has 1 atom stereocenters. The fraction of sp³-hybridized carbons (Fsp3) is 1.00. The summed E-state index contributed by atoms with van der Waals surface area (Å²) in [6.45, 7) is 4.89. The van der Waals surface area contributed by atoms with Crippen LogP contribution in [0, 0.1) is 0 Å². The molecule has 0 bridgehead atoms. The molecule has 0 saturated heterocycles. The van der Waals surface area contributed by atoms with Crippen LogP contribution in [0.5, 0.6) is 0 Å². The highest BCUT2D eigenvalue weighted by Crippen LogP contribution is 1.90. The van der Waals surface area contributed by atoms with Crippen molar-refractivity contribution >= 4 is 0 Å². The zero-order valence-corrected chi connectivity index (χ0v) is 7.47. The van der Waals surface area contributed by atoms with Gasteiger partial charge in [0, 0.05) is 12.6 Å². The lowest BCUT2D eigenvalue weighted by molar-refractivity contribution is 0.530. The number of hydrogen-bond donors (Lipinski definition) is 3. The average Bonchev–Trinajstić information content (AvgIpc) is 2.01. The molecule has 0 saturated carbocycles. The Morgan fingerprint density at radius 3 is 2.73 bits per heavy atom. The van der Waals surface area contributed by atoms with Gasteiger partial charge in [0.1, 0.15) is 0 Å². The van der Waals surface area contributed by atoms with E-state index in [-0.39, 0.29) is 6.04 Å². The van der Waals surface area contributed by atoms with Crippen LogP contribution in [0.1, 0.15) is 26.2 Å². The van der Waals surface area contributed by atoms with E-state index in [1.165, 1.54) is 6.42 Å². The zero-order valence-electron chi connectivity index (χ0n) is 7.47. The van der Waals surface area contributed by atoms with Crippen LogP contribution < -0.4 is 16.8 Å². The quantitative estimate of drug-likeness (QED) is 0.460. The van der Waals surface area contributed by atoms with E-state index in [9.17, 15) is 0 Å². The standard InChI is InChI=1S/C8H21N3/c1-2-6-11-7-8(10)4-3-5-9/h8,11H,2-7,9-10H2,1H3/t8-/m0/s1. The summed E-state index contributed by atoms with van der Waals surface area (Å²) in [6, 6.07) is 0.282. The minimum atomic E-state index is 0.282. The molecule has 0 radical (unpaired) electrons. The summed E-state index contributed by atoms with van der Waals surface area (Å²) in [5, 5.41) is 3.28. The highest BCUT2D eigenvalue weighted by Gasteiger charge is 1.99. The van der Waals surface area contributed by atoms with Gasteiger partial charge in [-0.25, -0.2) is 0 Å². The number of rotatable bonds is 7. The monoisotopic (exact) mass is 159 g/mol. The third-order valence-corrected chi connectivity index (χ3v) is 1.61. The van der Waals surface area contributed by atoms with Crippen molar-refractivity contribution in [1.29, 1.82) is 0 Å². The molecule has 5 N–H and O–H groups in total. The van der Waals surface area contributed by atoms with E-state index in [1.807, 2.05) is 0 Å². The average molecular weight is 159 g/mol. The largest absolute Gasteiger partial charge is 0.330 e. The molecular formula is C8H21N3. The van der Waals surface area contributed by atoms with Crippen LogP contribution in [0.15, 0.2) is 0 Å². The lowest BCUT2D eigenvalue weighted by Crippen LogP contribution is -2.34. The second-order valence-corrected chi connectivity index (χ2v) is 2.90. The van der Waals surface area contributed by atoms with Crippen molar-refractivity contribution < 1.29 is 0 Å². The van der Waals surface area contributed by atoms with Crippen molar-refractivity contribution in [2.75, 3.05) is 19.6 Å². The first-order valence-corrected chi connectivity index (χ1v) is 4.47. The third-order valence-electron chi connectivity index (χ3n) is 1.61. The Morgan fingerprint density at radius 1 is 1.45 bits per heavy atom. The first-order chi connectivity index (χ1) is 5.31. The molecule has 0 aromatic carbocycles. The second kappa shape index (κ2) is 7.98. The maximum Gasteiger partial charge on any atom is 0.0165 e. The Kier molecular flexibility index (Phi) is 7.89. The van der Waals surface area contributed by atoms with E-state index in [1.54, 1.807) is 0 Å². The number of nitrogens with one attached hydrogen (secondary N) is 1.